The van der Waals surface area contributed by atoms with Crippen LogP contribution in [-0.2, 0) is 14.4 Å². The van der Waals surface area contributed by atoms with Crippen LogP contribution in [0.4, 0.5) is 11.5 Å². The van der Waals surface area contributed by atoms with E-state index in [-0.39, 0.29) is 23.6 Å². The van der Waals surface area contributed by atoms with Crippen molar-refractivity contribution >= 4 is 35.3 Å². The third-order valence-electron chi connectivity index (χ3n) is 4.80. The second-order valence-electron chi connectivity index (χ2n) is 7.72. The molecule has 8 nitrogen and oxygen atoms in total. The molecule has 8 heteroatoms. The van der Waals surface area contributed by atoms with Crippen LogP contribution < -0.4 is 15.5 Å². The van der Waals surface area contributed by atoms with Gasteiger partial charge in [0.15, 0.2) is 0 Å². The van der Waals surface area contributed by atoms with Crippen molar-refractivity contribution in [3.05, 3.63) is 48.2 Å². The summed E-state index contributed by atoms with van der Waals surface area (Å²) in [6, 6.07) is 8.46. The molecule has 1 aliphatic rings. The maximum Gasteiger partial charge on any atom is 0.248 e. The molecule has 1 aromatic carbocycles. The number of rotatable bonds is 8. The number of nitrogens with zero attached hydrogens (tertiary/aromatic N) is 2. The third kappa shape index (κ3) is 5.79. The zero-order valence-electron chi connectivity index (χ0n) is 17.2. The zero-order valence-corrected chi connectivity index (χ0v) is 17.2. The first-order chi connectivity index (χ1) is 14.4. The van der Waals surface area contributed by atoms with Crippen molar-refractivity contribution in [2.24, 2.45) is 5.92 Å². The first-order valence-corrected chi connectivity index (χ1v) is 10.1. The molecule has 2 aromatic rings. The fourth-order valence-corrected chi connectivity index (χ4v) is 3.33. The molecular formula is C22H27N5O3. The van der Waals surface area contributed by atoms with E-state index in [4.69, 9.17) is 0 Å². The Morgan fingerprint density at radius 1 is 1.23 bits per heavy atom. The van der Waals surface area contributed by atoms with Crippen molar-refractivity contribution in [3.8, 4) is 0 Å². The van der Waals surface area contributed by atoms with E-state index in [2.05, 4.69) is 20.8 Å². The van der Waals surface area contributed by atoms with Crippen molar-refractivity contribution in [2.75, 3.05) is 16.8 Å². The van der Waals surface area contributed by atoms with Gasteiger partial charge in [0.2, 0.25) is 17.7 Å². The number of amides is 3. The van der Waals surface area contributed by atoms with Crippen LogP contribution in [0.5, 0.6) is 0 Å². The standard InChI is InChI=1S/C22H27N5O3/c1-15(2)14-18(22(30)25-19-11-12-23-26-19)24-20(28)10-7-16-5-8-17(9-6-16)27-13-3-4-21(27)29/h5-12,15,18H,3-4,13-14H2,1-2H3,(H,24,28)(H2,23,25,26,30)/b10-7+. The van der Waals surface area contributed by atoms with E-state index in [1.807, 2.05) is 38.1 Å². The van der Waals surface area contributed by atoms with Crippen LogP contribution in [0.3, 0.4) is 0 Å². The summed E-state index contributed by atoms with van der Waals surface area (Å²) in [4.78, 5) is 38.5. The summed E-state index contributed by atoms with van der Waals surface area (Å²) < 4.78 is 0. The maximum absolute atomic E-state index is 12.5. The average Bonchev–Trinajstić information content (AvgIpc) is 3.37. The number of benzene rings is 1. The fourth-order valence-electron chi connectivity index (χ4n) is 3.33. The van der Waals surface area contributed by atoms with E-state index >= 15 is 0 Å². The van der Waals surface area contributed by atoms with Gasteiger partial charge in [-0.3, -0.25) is 19.5 Å². The van der Waals surface area contributed by atoms with Crippen LogP contribution in [-0.4, -0.2) is 40.5 Å². The van der Waals surface area contributed by atoms with Gasteiger partial charge in [-0.25, -0.2) is 0 Å². The molecule has 0 saturated carbocycles. The van der Waals surface area contributed by atoms with Gasteiger partial charge >= 0.3 is 0 Å². The Balaban J connectivity index is 1.59. The summed E-state index contributed by atoms with van der Waals surface area (Å²) in [7, 11) is 0. The number of carbonyl (C=O) groups is 3. The first kappa shape index (κ1) is 21.3. The topological polar surface area (TPSA) is 107 Å². The molecule has 1 unspecified atom stereocenters. The van der Waals surface area contributed by atoms with Gasteiger partial charge in [0.25, 0.3) is 0 Å². The number of nitrogens with one attached hydrogen (secondary N) is 3. The van der Waals surface area contributed by atoms with Crippen LogP contribution in [0.1, 0.15) is 38.7 Å². The minimum atomic E-state index is -0.658. The lowest BCUT2D eigenvalue weighted by molar-refractivity contribution is -0.124. The lowest BCUT2D eigenvalue weighted by Gasteiger charge is -2.19. The van der Waals surface area contributed by atoms with Crippen LogP contribution in [0.15, 0.2) is 42.6 Å². The highest BCUT2D eigenvalue weighted by Gasteiger charge is 2.22. The summed E-state index contributed by atoms with van der Waals surface area (Å²) in [6.45, 7) is 4.73. The van der Waals surface area contributed by atoms with Crippen molar-refractivity contribution in [1.82, 2.24) is 15.5 Å². The number of aromatic nitrogens is 2. The molecule has 3 rings (SSSR count). The van der Waals surface area contributed by atoms with Gasteiger partial charge in [0, 0.05) is 30.8 Å². The van der Waals surface area contributed by atoms with Gasteiger partial charge in [-0.1, -0.05) is 26.0 Å². The quantitative estimate of drug-likeness (QED) is 0.583. The van der Waals surface area contributed by atoms with E-state index < -0.39 is 6.04 Å². The van der Waals surface area contributed by atoms with Crippen LogP contribution in [0.25, 0.3) is 6.08 Å². The Bertz CT molecular complexity index is 903. The van der Waals surface area contributed by atoms with E-state index in [1.54, 1.807) is 23.2 Å². The van der Waals surface area contributed by atoms with Crippen molar-refractivity contribution < 1.29 is 14.4 Å². The summed E-state index contributed by atoms with van der Waals surface area (Å²) >= 11 is 0. The molecule has 0 bridgehead atoms. The Morgan fingerprint density at radius 3 is 2.60 bits per heavy atom. The summed E-state index contributed by atoms with van der Waals surface area (Å²) in [6.07, 6.45) is 6.62. The van der Waals surface area contributed by atoms with Gasteiger partial charge in [-0.2, -0.15) is 5.10 Å². The number of hydrogen-bond donors (Lipinski definition) is 3. The van der Waals surface area contributed by atoms with Gasteiger partial charge < -0.3 is 15.5 Å². The van der Waals surface area contributed by atoms with E-state index in [0.29, 0.717) is 18.7 Å². The zero-order chi connectivity index (χ0) is 21.5. The molecule has 3 N–H and O–H groups in total. The van der Waals surface area contributed by atoms with Crippen LogP contribution >= 0.6 is 0 Å². The number of hydrogen-bond acceptors (Lipinski definition) is 4. The monoisotopic (exact) mass is 409 g/mol. The predicted octanol–water partition coefficient (Wildman–Crippen LogP) is 2.72. The SMILES string of the molecule is CC(C)CC(NC(=O)/C=C/c1ccc(N2CCCC2=O)cc1)C(=O)Nc1ccn[nH]1. The van der Waals surface area contributed by atoms with Crippen molar-refractivity contribution in [2.45, 2.75) is 39.2 Å². The predicted molar refractivity (Wildman–Crippen MR) is 116 cm³/mol. The van der Waals surface area contributed by atoms with Crippen molar-refractivity contribution in [1.29, 1.82) is 0 Å². The van der Waals surface area contributed by atoms with E-state index in [0.717, 1.165) is 24.2 Å². The number of anilines is 2. The van der Waals surface area contributed by atoms with Gasteiger partial charge in [-0.15, -0.1) is 0 Å². The number of H-pyrrole nitrogens is 1. The Kier molecular flexibility index (Phi) is 7.00. The largest absolute Gasteiger partial charge is 0.341 e. The summed E-state index contributed by atoms with van der Waals surface area (Å²) in [5.74, 6) is 0.207. The smallest absolute Gasteiger partial charge is 0.248 e. The lowest BCUT2D eigenvalue weighted by atomic mass is 10.0. The molecule has 0 aliphatic carbocycles. The number of carbonyl (C=O) groups excluding carboxylic acids is 3. The van der Waals surface area contributed by atoms with E-state index in [1.165, 1.54) is 6.08 Å². The molecule has 1 saturated heterocycles. The van der Waals surface area contributed by atoms with Gasteiger partial charge in [0.1, 0.15) is 11.9 Å². The molecule has 0 spiro atoms. The van der Waals surface area contributed by atoms with Crippen molar-refractivity contribution in [3.63, 3.8) is 0 Å². The Hall–Kier alpha value is -3.42. The minimum Gasteiger partial charge on any atom is -0.341 e. The summed E-state index contributed by atoms with van der Waals surface area (Å²) in [5.41, 5.74) is 1.70. The molecule has 2 heterocycles. The molecule has 158 valence electrons. The molecule has 3 amide bonds. The fraction of sp³-hybridized carbons (Fsp3) is 0.364. The average molecular weight is 409 g/mol. The second-order valence-corrected chi connectivity index (χ2v) is 7.72. The van der Waals surface area contributed by atoms with Gasteiger partial charge in [0.05, 0.1) is 6.20 Å². The third-order valence-corrected chi connectivity index (χ3v) is 4.80. The molecule has 0 radical (unpaired) electrons. The normalized spacial score (nSPS) is 15.0. The number of aromatic amines is 1. The molecule has 1 fully saturated rings. The second kappa shape index (κ2) is 9.87. The Morgan fingerprint density at radius 2 is 2.00 bits per heavy atom. The lowest BCUT2D eigenvalue weighted by Crippen LogP contribution is -2.44. The molecule has 1 atom stereocenters. The first-order valence-electron chi connectivity index (χ1n) is 10.1. The minimum absolute atomic E-state index is 0.141. The maximum atomic E-state index is 12.5. The molecule has 1 aliphatic heterocycles. The van der Waals surface area contributed by atoms with Crippen LogP contribution in [0, 0.1) is 5.92 Å². The highest BCUT2D eigenvalue weighted by atomic mass is 16.2. The van der Waals surface area contributed by atoms with Crippen LogP contribution in [0.2, 0.25) is 0 Å². The van der Waals surface area contributed by atoms with E-state index in [9.17, 15) is 14.4 Å². The molecule has 30 heavy (non-hydrogen) atoms. The molecule has 1 aromatic heterocycles. The highest BCUT2D eigenvalue weighted by molar-refractivity contribution is 5.99. The highest BCUT2D eigenvalue weighted by Crippen LogP contribution is 2.21. The Labute approximate surface area is 175 Å². The van der Waals surface area contributed by atoms with Gasteiger partial charge in [-0.05, 0) is 42.5 Å². The molecular weight excluding hydrogens is 382 g/mol. The summed E-state index contributed by atoms with van der Waals surface area (Å²) in [5, 5.41) is 11.9.